The molecule has 0 unspecified atom stereocenters. The molecule has 0 saturated heterocycles. The van der Waals surface area contributed by atoms with Gasteiger partial charge in [-0.3, -0.25) is 0 Å². The summed E-state index contributed by atoms with van der Waals surface area (Å²) in [4.78, 5) is 0. The third kappa shape index (κ3) is 4.42. The number of rotatable bonds is 4. The van der Waals surface area contributed by atoms with Gasteiger partial charge in [-0.25, -0.2) is 13.1 Å². The molecule has 4 heteroatoms. The fourth-order valence-corrected chi connectivity index (χ4v) is 0.937. The van der Waals surface area contributed by atoms with Gasteiger partial charge in [0.2, 0.25) is 10.0 Å². The molecule has 0 aliphatic rings. The predicted octanol–water partition coefficient (Wildman–Crippen LogP) is 0.150. The van der Waals surface area contributed by atoms with Crippen LogP contribution in [0.25, 0.3) is 0 Å². The van der Waals surface area contributed by atoms with E-state index >= 15 is 0 Å². The largest absolute Gasteiger partial charge is 0.215 e. The van der Waals surface area contributed by atoms with Crippen LogP contribution in [0.15, 0.2) is 0 Å². The standard InChI is InChI=1S/C5H12NO2S/c1-3-5-6-9(7,8)4-2/h3,6H,4-5H2,1-2H3. The molecule has 0 amide bonds. The first-order valence-electron chi connectivity index (χ1n) is 2.87. The SMILES string of the molecule is C[CH]CNS(=O)(=O)CC. The smallest absolute Gasteiger partial charge is 0.211 e. The summed E-state index contributed by atoms with van der Waals surface area (Å²) in [5.41, 5.74) is 0. The molecule has 0 fully saturated rings. The summed E-state index contributed by atoms with van der Waals surface area (Å²) in [7, 11) is -2.96. The first kappa shape index (κ1) is 8.91. The van der Waals surface area contributed by atoms with E-state index in [-0.39, 0.29) is 5.75 Å². The molecule has 0 saturated carbocycles. The van der Waals surface area contributed by atoms with Crippen molar-refractivity contribution in [3.8, 4) is 0 Å². The third-order valence-electron chi connectivity index (χ3n) is 0.887. The van der Waals surface area contributed by atoms with Crippen LogP contribution in [0.2, 0.25) is 0 Å². The van der Waals surface area contributed by atoms with Crippen LogP contribution in [0, 0.1) is 6.42 Å². The lowest BCUT2D eigenvalue weighted by atomic mass is 10.5. The Morgan fingerprint density at radius 3 is 2.44 bits per heavy atom. The van der Waals surface area contributed by atoms with E-state index in [4.69, 9.17) is 0 Å². The third-order valence-corrected chi connectivity index (χ3v) is 2.25. The van der Waals surface area contributed by atoms with Gasteiger partial charge in [0.05, 0.1) is 5.75 Å². The molecule has 0 aromatic rings. The van der Waals surface area contributed by atoms with Crippen molar-refractivity contribution >= 4 is 10.0 Å². The Hall–Kier alpha value is -0.0900. The lowest BCUT2D eigenvalue weighted by Crippen LogP contribution is -2.25. The van der Waals surface area contributed by atoms with Gasteiger partial charge in [0.25, 0.3) is 0 Å². The van der Waals surface area contributed by atoms with E-state index in [1.54, 1.807) is 20.3 Å². The average Bonchev–Trinajstić information content (AvgIpc) is 1.84. The van der Waals surface area contributed by atoms with Crippen molar-refractivity contribution in [2.45, 2.75) is 13.8 Å². The molecule has 3 nitrogen and oxygen atoms in total. The summed E-state index contributed by atoms with van der Waals surface area (Å²) in [6.45, 7) is 3.84. The van der Waals surface area contributed by atoms with Gasteiger partial charge >= 0.3 is 0 Å². The minimum atomic E-state index is -2.96. The molecule has 1 N–H and O–H groups in total. The maximum atomic E-state index is 10.6. The normalized spacial score (nSPS) is 11.8. The topological polar surface area (TPSA) is 46.2 Å². The summed E-state index contributed by atoms with van der Waals surface area (Å²) in [6, 6.07) is 0. The number of sulfonamides is 1. The Morgan fingerprint density at radius 1 is 1.56 bits per heavy atom. The van der Waals surface area contributed by atoms with Gasteiger partial charge in [0.15, 0.2) is 0 Å². The molecule has 0 aliphatic heterocycles. The zero-order valence-corrected chi connectivity index (χ0v) is 6.53. The van der Waals surface area contributed by atoms with Gasteiger partial charge in [-0.2, -0.15) is 0 Å². The Balaban J connectivity index is 3.61. The monoisotopic (exact) mass is 150 g/mol. The summed E-state index contributed by atoms with van der Waals surface area (Å²) in [5, 5.41) is 0. The van der Waals surface area contributed by atoms with Gasteiger partial charge in [0, 0.05) is 6.54 Å². The quantitative estimate of drug-likeness (QED) is 0.620. The molecule has 9 heavy (non-hydrogen) atoms. The maximum absolute atomic E-state index is 10.6. The van der Waals surface area contributed by atoms with Gasteiger partial charge in [-0.05, 0) is 13.3 Å². The second-order valence-electron chi connectivity index (χ2n) is 1.66. The van der Waals surface area contributed by atoms with E-state index in [0.717, 1.165) is 0 Å². The first-order chi connectivity index (χ1) is 4.12. The first-order valence-corrected chi connectivity index (χ1v) is 4.52. The zero-order chi connectivity index (χ0) is 7.33. The van der Waals surface area contributed by atoms with Gasteiger partial charge in [-0.15, -0.1) is 0 Å². The number of hydrogen-bond acceptors (Lipinski definition) is 2. The molecule has 0 aromatic carbocycles. The van der Waals surface area contributed by atoms with Crippen LogP contribution in [-0.4, -0.2) is 20.7 Å². The predicted molar refractivity (Wildman–Crippen MR) is 37.4 cm³/mol. The van der Waals surface area contributed by atoms with Gasteiger partial charge < -0.3 is 0 Å². The fraction of sp³-hybridized carbons (Fsp3) is 0.800. The van der Waals surface area contributed by atoms with Crippen molar-refractivity contribution in [2.24, 2.45) is 0 Å². The highest BCUT2D eigenvalue weighted by Gasteiger charge is 2.02. The minimum absolute atomic E-state index is 0.154. The van der Waals surface area contributed by atoms with Crippen LogP contribution in [0.3, 0.4) is 0 Å². The molecule has 1 radical (unpaired) electrons. The van der Waals surface area contributed by atoms with Crippen LogP contribution in [0.1, 0.15) is 13.8 Å². The molecule has 0 heterocycles. The average molecular weight is 150 g/mol. The van der Waals surface area contributed by atoms with Crippen LogP contribution in [0.5, 0.6) is 0 Å². The Labute approximate surface area is 56.5 Å². The highest BCUT2D eigenvalue weighted by atomic mass is 32.2. The molecule has 55 valence electrons. The van der Waals surface area contributed by atoms with E-state index in [0.29, 0.717) is 6.54 Å². The van der Waals surface area contributed by atoms with Crippen LogP contribution < -0.4 is 4.72 Å². The lowest BCUT2D eigenvalue weighted by Gasteiger charge is -1.99. The Morgan fingerprint density at radius 2 is 2.11 bits per heavy atom. The van der Waals surface area contributed by atoms with Crippen molar-refractivity contribution in [2.75, 3.05) is 12.3 Å². The Kier molecular flexibility index (Phi) is 3.81. The molecule has 0 aliphatic carbocycles. The maximum Gasteiger partial charge on any atom is 0.211 e. The summed E-state index contributed by atoms with van der Waals surface area (Å²) < 4.78 is 23.6. The highest BCUT2D eigenvalue weighted by Crippen LogP contribution is 1.81. The summed E-state index contributed by atoms with van der Waals surface area (Å²) >= 11 is 0. The molecule has 0 atom stereocenters. The van der Waals surface area contributed by atoms with E-state index in [1.165, 1.54) is 0 Å². The van der Waals surface area contributed by atoms with E-state index in [2.05, 4.69) is 4.72 Å². The molecule has 0 spiro atoms. The lowest BCUT2D eigenvalue weighted by molar-refractivity contribution is 0.586. The van der Waals surface area contributed by atoms with Gasteiger partial charge in [-0.1, -0.05) is 6.92 Å². The van der Waals surface area contributed by atoms with Crippen molar-refractivity contribution < 1.29 is 8.42 Å². The molecular weight excluding hydrogens is 138 g/mol. The highest BCUT2D eigenvalue weighted by molar-refractivity contribution is 7.89. The van der Waals surface area contributed by atoms with Gasteiger partial charge in [0.1, 0.15) is 0 Å². The van der Waals surface area contributed by atoms with E-state index in [1.807, 2.05) is 0 Å². The van der Waals surface area contributed by atoms with Crippen LogP contribution in [-0.2, 0) is 10.0 Å². The van der Waals surface area contributed by atoms with E-state index < -0.39 is 10.0 Å². The second kappa shape index (κ2) is 3.85. The molecule has 0 bridgehead atoms. The minimum Gasteiger partial charge on any atom is -0.215 e. The van der Waals surface area contributed by atoms with Crippen molar-refractivity contribution in [1.29, 1.82) is 0 Å². The zero-order valence-electron chi connectivity index (χ0n) is 5.72. The summed E-state index contributed by atoms with van der Waals surface area (Å²) in [6.07, 6.45) is 1.76. The van der Waals surface area contributed by atoms with Crippen molar-refractivity contribution in [1.82, 2.24) is 4.72 Å². The second-order valence-corrected chi connectivity index (χ2v) is 3.76. The molecule has 0 rings (SSSR count). The number of nitrogens with one attached hydrogen (secondary N) is 1. The van der Waals surface area contributed by atoms with E-state index in [9.17, 15) is 8.42 Å². The fourth-order valence-electron chi connectivity index (χ4n) is 0.312. The van der Waals surface area contributed by atoms with Crippen molar-refractivity contribution in [3.05, 3.63) is 6.42 Å². The van der Waals surface area contributed by atoms with Crippen LogP contribution >= 0.6 is 0 Å². The van der Waals surface area contributed by atoms with Crippen LogP contribution in [0.4, 0.5) is 0 Å². The summed E-state index contributed by atoms with van der Waals surface area (Å²) in [5.74, 6) is 0.154. The van der Waals surface area contributed by atoms with Crippen molar-refractivity contribution in [3.63, 3.8) is 0 Å². The number of hydrogen-bond donors (Lipinski definition) is 1. The molecular formula is C5H12NO2S. The Bertz CT molecular complexity index is 150. The molecule has 0 aromatic heterocycles.